The van der Waals surface area contributed by atoms with Crippen molar-refractivity contribution in [2.75, 3.05) is 0 Å². The van der Waals surface area contributed by atoms with Crippen LogP contribution in [0.1, 0.15) is 22.3 Å². The Morgan fingerprint density at radius 1 is 0.468 bits per heavy atom. The summed E-state index contributed by atoms with van der Waals surface area (Å²) in [6, 6.07) is 54.9. The van der Waals surface area contributed by atoms with E-state index in [1.54, 1.807) is 0 Å². The summed E-state index contributed by atoms with van der Waals surface area (Å²) in [5.74, 6) is 0.727. The molecule has 10 rings (SSSR count). The van der Waals surface area contributed by atoms with Crippen molar-refractivity contribution >= 4 is 33.2 Å². The number of fused-ring (bicyclic) bond motifs is 11. The van der Waals surface area contributed by atoms with E-state index >= 15 is 0 Å². The lowest BCUT2D eigenvalue weighted by atomic mass is 9.67. The van der Waals surface area contributed by atoms with E-state index in [2.05, 4.69) is 133 Å². The zero-order valence-electron chi connectivity index (χ0n) is 25.2. The molecule has 3 heterocycles. The fourth-order valence-electron chi connectivity index (χ4n) is 7.67. The predicted molar refractivity (Wildman–Crippen MR) is 195 cm³/mol. The second-order valence-corrected chi connectivity index (χ2v) is 14.2. The molecule has 2 aromatic heterocycles. The molecule has 220 valence electrons. The first-order valence-electron chi connectivity index (χ1n) is 15.8. The summed E-state index contributed by atoms with van der Waals surface area (Å²) in [6.07, 6.45) is 0. The number of rotatable bonds is 3. The highest BCUT2D eigenvalue weighted by Gasteiger charge is 2.50. The monoisotopic (exact) mass is 634 g/mol. The first-order chi connectivity index (χ1) is 23.3. The van der Waals surface area contributed by atoms with Crippen molar-refractivity contribution < 1.29 is 0 Å². The second kappa shape index (κ2) is 10.4. The van der Waals surface area contributed by atoms with Crippen LogP contribution in [-0.4, -0.2) is 9.97 Å². The van der Waals surface area contributed by atoms with Crippen LogP contribution in [0, 0.1) is 0 Å². The molecule has 2 nitrogen and oxygen atoms in total. The smallest absolute Gasteiger partial charge is 0.160 e. The molecule has 0 N–H and O–H groups in total. The Hall–Kier alpha value is -5.29. The van der Waals surface area contributed by atoms with Gasteiger partial charge in [-0.25, -0.2) is 9.97 Å². The van der Waals surface area contributed by atoms with Gasteiger partial charge in [0.25, 0.3) is 0 Å². The molecule has 1 aliphatic heterocycles. The highest BCUT2D eigenvalue weighted by Crippen LogP contribution is 2.63. The largest absolute Gasteiger partial charge is 0.228 e. The van der Waals surface area contributed by atoms with Crippen LogP contribution in [0.4, 0.5) is 0 Å². The summed E-state index contributed by atoms with van der Waals surface area (Å²) in [7, 11) is 0. The highest BCUT2D eigenvalue weighted by atomic mass is 32.2. The van der Waals surface area contributed by atoms with Gasteiger partial charge >= 0.3 is 0 Å². The van der Waals surface area contributed by atoms with Crippen LogP contribution in [0.25, 0.3) is 55.1 Å². The topological polar surface area (TPSA) is 25.8 Å². The van der Waals surface area contributed by atoms with Crippen molar-refractivity contribution in [2.24, 2.45) is 0 Å². The SMILES string of the molecule is c1ccc(-c2cc(-c3ccc4c(c3)C3(c5ccccc5S4)c4ccccc4-c4c3ccc3sccc43)nc(-c3ccccc3)n2)cc1. The minimum absolute atomic E-state index is 0.452. The van der Waals surface area contributed by atoms with Crippen LogP contribution in [0.2, 0.25) is 0 Å². The zero-order valence-corrected chi connectivity index (χ0v) is 26.9. The van der Waals surface area contributed by atoms with Gasteiger partial charge in [-0.05, 0) is 75.2 Å². The molecule has 6 aromatic carbocycles. The van der Waals surface area contributed by atoms with Gasteiger partial charge in [0, 0.05) is 36.6 Å². The van der Waals surface area contributed by atoms with E-state index in [9.17, 15) is 0 Å². The van der Waals surface area contributed by atoms with Crippen LogP contribution in [0.15, 0.2) is 167 Å². The Bertz CT molecular complexity index is 2440. The lowest BCUT2D eigenvalue weighted by Crippen LogP contribution is -2.32. The molecule has 2 aliphatic rings. The molecule has 1 spiro atoms. The quantitative estimate of drug-likeness (QED) is 0.193. The Labute approximate surface area is 281 Å². The van der Waals surface area contributed by atoms with Gasteiger partial charge in [0.15, 0.2) is 5.82 Å². The summed E-state index contributed by atoms with van der Waals surface area (Å²) < 4.78 is 1.32. The van der Waals surface area contributed by atoms with E-state index in [1.165, 1.54) is 53.3 Å². The van der Waals surface area contributed by atoms with Gasteiger partial charge in [-0.1, -0.05) is 127 Å². The van der Waals surface area contributed by atoms with Crippen molar-refractivity contribution in [1.29, 1.82) is 0 Å². The Morgan fingerprint density at radius 3 is 1.98 bits per heavy atom. The second-order valence-electron chi connectivity index (χ2n) is 12.1. The average molecular weight is 635 g/mol. The standard InChI is InChI=1S/C43H26N2S2/c1-3-11-27(12-4-1)36-26-37(45-42(44-36)28-13-5-2-6-14-28)29-19-21-40-35(25-29)43(33-17-9-10-18-39(33)47-40)32-16-8-7-15-30(32)41-31-23-24-46-38(31)22-20-34(41)43/h1-26H. The Morgan fingerprint density at radius 2 is 1.15 bits per heavy atom. The Balaban J connectivity index is 1.27. The van der Waals surface area contributed by atoms with Gasteiger partial charge < -0.3 is 0 Å². The summed E-state index contributed by atoms with van der Waals surface area (Å²) in [5, 5.41) is 3.56. The third-order valence-corrected chi connectivity index (χ3v) is 11.7. The average Bonchev–Trinajstić information content (AvgIpc) is 3.74. The molecule has 0 amide bonds. The number of benzene rings is 6. The molecule has 0 bridgehead atoms. The molecule has 47 heavy (non-hydrogen) atoms. The first-order valence-corrected chi connectivity index (χ1v) is 17.5. The summed E-state index contributed by atoms with van der Waals surface area (Å²) in [6.45, 7) is 0. The van der Waals surface area contributed by atoms with E-state index < -0.39 is 5.41 Å². The van der Waals surface area contributed by atoms with E-state index in [1.807, 2.05) is 47.4 Å². The van der Waals surface area contributed by atoms with Crippen molar-refractivity contribution in [2.45, 2.75) is 15.2 Å². The van der Waals surface area contributed by atoms with E-state index in [0.29, 0.717) is 0 Å². The van der Waals surface area contributed by atoms with Gasteiger partial charge in [0.2, 0.25) is 0 Å². The molecule has 0 radical (unpaired) electrons. The van der Waals surface area contributed by atoms with Gasteiger partial charge in [0.05, 0.1) is 16.8 Å². The van der Waals surface area contributed by atoms with Gasteiger partial charge in [-0.15, -0.1) is 11.3 Å². The molecule has 1 aliphatic carbocycles. The third kappa shape index (κ3) is 3.92. The van der Waals surface area contributed by atoms with Crippen molar-refractivity contribution in [1.82, 2.24) is 9.97 Å². The van der Waals surface area contributed by atoms with Crippen molar-refractivity contribution in [3.63, 3.8) is 0 Å². The maximum atomic E-state index is 5.21. The van der Waals surface area contributed by atoms with Crippen LogP contribution in [0.3, 0.4) is 0 Å². The van der Waals surface area contributed by atoms with E-state index in [4.69, 9.17) is 9.97 Å². The fraction of sp³-hybridized carbons (Fsp3) is 0.0233. The van der Waals surface area contributed by atoms with Gasteiger partial charge in [0.1, 0.15) is 0 Å². The molecule has 0 fully saturated rings. The lowest BCUT2D eigenvalue weighted by molar-refractivity contribution is 0.723. The molecule has 0 saturated heterocycles. The summed E-state index contributed by atoms with van der Waals surface area (Å²) in [5.41, 5.74) is 12.6. The summed E-state index contributed by atoms with van der Waals surface area (Å²) in [4.78, 5) is 12.9. The van der Waals surface area contributed by atoms with Crippen LogP contribution in [-0.2, 0) is 5.41 Å². The number of hydrogen-bond donors (Lipinski definition) is 0. The van der Waals surface area contributed by atoms with Crippen LogP contribution in [0.5, 0.6) is 0 Å². The lowest BCUT2D eigenvalue weighted by Gasteiger charge is -2.40. The van der Waals surface area contributed by atoms with Crippen molar-refractivity contribution in [3.8, 4) is 45.0 Å². The molecular formula is C43H26N2S2. The van der Waals surface area contributed by atoms with Crippen molar-refractivity contribution in [3.05, 3.63) is 179 Å². The van der Waals surface area contributed by atoms with E-state index in [0.717, 1.165) is 33.9 Å². The number of aromatic nitrogens is 2. The number of thiophene rings is 1. The molecule has 1 atom stereocenters. The van der Waals surface area contributed by atoms with Gasteiger partial charge in [-0.2, -0.15) is 0 Å². The maximum Gasteiger partial charge on any atom is 0.160 e. The normalized spacial score (nSPS) is 15.7. The fourth-order valence-corrected chi connectivity index (χ4v) is 9.64. The summed E-state index contributed by atoms with van der Waals surface area (Å²) >= 11 is 3.69. The van der Waals surface area contributed by atoms with Crippen LogP contribution >= 0.6 is 23.1 Å². The van der Waals surface area contributed by atoms with Gasteiger partial charge in [-0.3, -0.25) is 0 Å². The molecular weight excluding hydrogens is 609 g/mol. The number of hydrogen-bond acceptors (Lipinski definition) is 4. The maximum absolute atomic E-state index is 5.21. The first kappa shape index (κ1) is 26.9. The minimum atomic E-state index is -0.452. The zero-order chi connectivity index (χ0) is 31.0. The van der Waals surface area contributed by atoms with E-state index in [-0.39, 0.29) is 0 Å². The molecule has 8 aromatic rings. The number of nitrogens with zero attached hydrogens (tertiary/aromatic N) is 2. The highest BCUT2D eigenvalue weighted by molar-refractivity contribution is 7.99. The Kier molecular flexibility index (Phi) is 5.93. The molecule has 0 saturated carbocycles. The minimum Gasteiger partial charge on any atom is -0.228 e. The predicted octanol–water partition coefficient (Wildman–Crippen LogP) is 11.5. The third-order valence-electron chi connectivity index (χ3n) is 9.66. The van der Waals surface area contributed by atoms with Crippen LogP contribution < -0.4 is 0 Å². The molecule has 4 heteroatoms. The molecule has 1 unspecified atom stereocenters.